The van der Waals surface area contributed by atoms with E-state index in [0.717, 1.165) is 5.75 Å². The van der Waals surface area contributed by atoms with E-state index < -0.39 is 6.04 Å². The standard InChI is InChI=1S/C13H18N2O4/c1-18-9-3-2-4-10(5-9)19-11-6-15(7-11)13(17)12(14)8-16/h2-5,11-12,16H,6-8,14H2,1H3/t12-/m0/s1. The number of likely N-dealkylation sites (tertiary alicyclic amines) is 1. The Morgan fingerprint density at radius 2 is 2.21 bits per heavy atom. The Morgan fingerprint density at radius 1 is 1.53 bits per heavy atom. The predicted molar refractivity (Wildman–Crippen MR) is 69.1 cm³/mol. The summed E-state index contributed by atoms with van der Waals surface area (Å²) in [5, 5.41) is 8.81. The van der Waals surface area contributed by atoms with Gasteiger partial charge in [0.15, 0.2) is 0 Å². The van der Waals surface area contributed by atoms with Gasteiger partial charge in [0.25, 0.3) is 0 Å². The molecule has 1 aromatic carbocycles. The van der Waals surface area contributed by atoms with Crippen LogP contribution in [0.5, 0.6) is 11.5 Å². The van der Waals surface area contributed by atoms with Gasteiger partial charge in [-0.1, -0.05) is 6.07 Å². The number of ether oxygens (including phenoxy) is 2. The maximum absolute atomic E-state index is 11.6. The minimum Gasteiger partial charge on any atom is -0.497 e. The highest BCUT2D eigenvalue weighted by atomic mass is 16.5. The topological polar surface area (TPSA) is 85.0 Å². The van der Waals surface area contributed by atoms with Crippen molar-refractivity contribution in [3.8, 4) is 11.5 Å². The summed E-state index contributed by atoms with van der Waals surface area (Å²) in [5.74, 6) is 1.20. The van der Waals surface area contributed by atoms with Crippen LogP contribution in [0.3, 0.4) is 0 Å². The zero-order chi connectivity index (χ0) is 13.8. The van der Waals surface area contributed by atoms with Crippen molar-refractivity contribution in [3.63, 3.8) is 0 Å². The van der Waals surface area contributed by atoms with E-state index in [1.165, 1.54) is 0 Å². The predicted octanol–water partition coefficient (Wildman–Crippen LogP) is -0.396. The average Bonchev–Trinajstić information content (AvgIpc) is 2.41. The molecule has 1 aliphatic rings. The van der Waals surface area contributed by atoms with Gasteiger partial charge in [-0.05, 0) is 12.1 Å². The lowest BCUT2D eigenvalue weighted by molar-refractivity contribution is -0.142. The number of hydrogen-bond donors (Lipinski definition) is 2. The Labute approximate surface area is 111 Å². The van der Waals surface area contributed by atoms with Gasteiger partial charge in [-0.2, -0.15) is 0 Å². The van der Waals surface area contributed by atoms with Gasteiger partial charge in [0.1, 0.15) is 23.6 Å². The van der Waals surface area contributed by atoms with Crippen LogP contribution in [0.4, 0.5) is 0 Å². The highest BCUT2D eigenvalue weighted by molar-refractivity contribution is 5.82. The molecule has 0 saturated carbocycles. The number of carbonyl (C=O) groups is 1. The summed E-state index contributed by atoms with van der Waals surface area (Å²) in [6, 6.07) is 6.48. The lowest BCUT2D eigenvalue weighted by atomic mass is 10.1. The second-order valence-electron chi connectivity index (χ2n) is 4.45. The average molecular weight is 266 g/mol. The monoisotopic (exact) mass is 266 g/mol. The molecule has 6 heteroatoms. The van der Waals surface area contributed by atoms with Gasteiger partial charge < -0.3 is 25.2 Å². The van der Waals surface area contributed by atoms with Crippen molar-refractivity contribution in [1.82, 2.24) is 4.90 Å². The number of hydrogen-bond acceptors (Lipinski definition) is 5. The molecular weight excluding hydrogens is 248 g/mol. The number of rotatable bonds is 5. The number of methoxy groups -OCH3 is 1. The molecule has 0 unspecified atom stereocenters. The van der Waals surface area contributed by atoms with Gasteiger partial charge >= 0.3 is 0 Å². The fraction of sp³-hybridized carbons (Fsp3) is 0.462. The highest BCUT2D eigenvalue weighted by Gasteiger charge is 2.34. The summed E-state index contributed by atoms with van der Waals surface area (Å²) in [6.07, 6.45) is -0.0399. The van der Waals surface area contributed by atoms with E-state index in [9.17, 15) is 4.79 Å². The second-order valence-corrected chi connectivity index (χ2v) is 4.45. The lowest BCUT2D eigenvalue weighted by Crippen LogP contribution is -2.60. The molecule has 0 radical (unpaired) electrons. The molecule has 3 N–H and O–H groups in total. The van der Waals surface area contributed by atoms with Crippen LogP contribution in [-0.4, -0.2) is 54.9 Å². The first kappa shape index (κ1) is 13.6. The number of aliphatic hydroxyl groups excluding tert-OH is 1. The van der Waals surface area contributed by atoms with Crippen molar-refractivity contribution in [3.05, 3.63) is 24.3 Å². The van der Waals surface area contributed by atoms with E-state index in [2.05, 4.69) is 0 Å². The fourth-order valence-electron chi connectivity index (χ4n) is 1.87. The number of nitrogens with zero attached hydrogens (tertiary/aromatic N) is 1. The number of aliphatic hydroxyl groups is 1. The Bertz CT molecular complexity index is 446. The number of nitrogens with two attached hydrogens (primary N) is 1. The molecule has 104 valence electrons. The first-order valence-electron chi connectivity index (χ1n) is 6.10. The minimum absolute atomic E-state index is 0.0399. The van der Waals surface area contributed by atoms with Gasteiger partial charge in [0.2, 0.25) is 5.91 Å². The van der Waals surface area contributed by atoms with E-state index in [-0.39, 0.29) is 18.6 Å². The molecule has 0 aliphatic carbocycles. The number of benzene rings is 1. The summed E-state index contributed by atoms with van der Waals surface area (Å²) >= 11 is 0. The molecule has 1 saturated heterocycles. The van der Waals surface area contributed by atoms with Crippen LogP contribution < -0.4 is 15.2 Å². The van der Waals surface area contributed by atoms with Crippen LogP contribution in [-0.2, 0) is 4.79 Å². The Balaban J connectivity index is 1.83. The lowest BCUT2D eigenvalue weighted by Gasteiger charge is -2.40. The molecule has 1 aromatic rings. The number of carbonyl (C=O) groups excluding carboxylic acids is 1. The molecule has 1 aliphatic heterocycles. The maximum atomic E-state index is 11.6. The van der Waals surface area contributed by atoms with Crippen molar-refractivity contribution >= 4 is 5.91 Å². The molecule has 0 spiro atoms. The van der Waals surface area contributed by atoms with Gasteiger partial charge in [0, 0.05) is 6.07 Å². The third-order valence-electron chi connectivity index (χ3n) is 3.02. The Hall–Kier alpha value is -1.79. The third kappa shape index (κ3) is 3.15. The maximum Gasteiger partial charge on any atom is 0.242 e. The summed E-state index contributed by atoms with van der Waals surface area (Å²) in [4.78, 5) is 13.2. The molecule has 6 nitrogen and oxygen atoms in total. The van der Waals surface area contributed by atoms with Gasteiger partial charge in [0.05, 0.1) is 26.8 Å². The first-order valence-corrected chi connectivity index (χ1v) is 6.10. The van der Waals surface area contributed by atoms with E-state index in [4.69, 9.17) is 20.3 Å². The van der Waals surface area contributed by atoms with E-state index in [1.54, 1.807) is 18.1 Å². The van der Waals surface area contributed by atoms with Crippen molar-refractivity contribution in [2.24, 2.45) is 5.73 Å². The van der Waals surface area contributed by atoms with Crippen LogP contribution in [0.25, 0.3) is 0 Å². The molecular formula is C13H18N2O4. The first-order chi connectivity index (χ1) is 9.13. The molecule has 1 amide bonds. The summed E-state index contributed by atoms with van der Waals surface area (Å²) < 4.78 is 10.8. The minimum atomic E-state index is -0.835. The fourth-order valence-corrected chi connectivity index (χ4v) is 1.87. The van der Waals surface area contributed by atoms with Gasteiger partial charge in [-0.3, -0.25) is 4.79 Å². The Morgan fingerprint density at radius 3 is 2.84 bits per heavy atom. The van der Waals surface area contributed by atoms with Crippen LogP contribution >= 0.6 is 0 Å². The molecule has 19 heavy (non-hydrogen) atoms. The van der Waals surface area contributed by atoms with Crippen LogP contribution in [0.15, 0.2) is 24.3 Å². The zero-order valence-corrected chi connectivity index (χ0v) is 10.8. The molecule has 0 bridgehead atoms. The largest absolute Gasteiger partial charge is 0.497 e. The van der Waals surface area contributed by atoms with E-state index in [0.29, 0.717) is 18.8 Å². The normalized spacial score (nSPS) is 16.7. The van der Waals surface area contributed by atoms with Crippen LogP contribution in [0.1, 0.15) is 0 Å². The molecule has 1 heterocycles. The van der Waals surface area contributed by atoms with Gasteiger partial charge in [-0.15, -0.1) is 0 Å². The zero-order valence-electron chi connectivity index (χ0n) is 10.8. The smallest absolute Gasteiger partial charge is 0.242 e. The quantitative estimate of drug-likeness (QED) is 0.758. The molecule has 2 rings (SSSR count). The SMILES string of the molecule is COc1cccc(OC2CN(C(=O)[C@@H](N)CO)C2)c1. The van der Waals surface area contributed by atoms with Crippen molar-refractivity contribution < 1.29 is 19.4 Å². The summed E-state index contributed by atoms with van der Waals surface area (Å²) in [5.41, 5.74) is 5.46. The molecule has 0 aromatic heterocycles. The second kappa shape index (κ2) is 5.90. The van der Waals surface area contributed by atoms with Gasteiger partial charge in [-0.25, -0.2) is 0 Å². The van der Waals surface area contributed by atoms with Crippen LogP contribution in [0, 0.1) is 0 Å². The van der Waals surface area contributed by atoms with Crippen molar-refractivity contribution in [2.45, 2.75) is 12.1 Å². The molecule has 1 atom stereocenters. The Kier molecular flexibility index (Phi) is 4.24. The van der Waals surface area contributed by atoms with E-state index >= 15 is 0 Å². The molecule has 1 fully saturated rings. The number of amides is 1. The van der Waals surface area contributed by atoms with Crippen molar-refractivity contribution in [1.29, 1.82) is 0 Å². The van der Waals surface area contributed by atoms with E-state index in [1.807, 2.05) is 18.2 Å². The summed E-state index contributed by atoms with van der Waals surface area (Å²) in [6.45, 7) is 0.643. The van der Waals surface area contributed by atoms with Crippen LogP contribution in [0.2, 0.25) is 0 Å². The third-order valence-corrected chi connectivity index (χ3v) is 3.02. The summed E-state index contributed by atoms with van der Waals surface area (Å²) in [7, 11) is 1.60. The highest BCUT2D eigenvalue weighted by Crippen LogP contribution is 2.22. The van der Waals surface area contributed by atoms with Crippen molar-refractivity contribution in [2.75, 3.05) is 26.8 Å².